The summed E-state index contributed by atoms with van der Waals surface area (Å²) >= 11 is 1.46. The molecule has 2 aromatic carbocycles. The molecule has 6 heteroatoms. The summed E-state index contributed by atoms with van der Waals surface area (Å²) in [4.78, 5) is 15.6. The van der Waals surface area contributed by atoms with Crippen molar-refractivity contribution in [2.24, 2.45) is 5.10 Å². The summed E-state index contributed by atoms with van der Waals surface area (Å²) in [5.74, 6) is -0.942. The molecule has 0 fully saturated rings. The molecule has 0 saturated carbocycles. The van der Waals surface area contributed by atoms with Crippen LogP contribution in [0.2, 0.25) is 0 Å². The van der Waals surface area contributed by atoms with Crippen molar-refractivity contribution in [3.05, 3.63) is 70.6 Å². The minimum absolute atomic E-state index is 0.277. The molecule has 120 valence electrons. The monoisotopic (exact) mass is 337 g/mol. The standard InChI is InChI=1S/C18H15N3O2S/c1-12-7-8-13(9-15(12)17(22)23)10-19-21-18-20-16(11-24-18)14-5-3-2-4-6-14/h2-11H,1H3,(H,20,21)(H,22,23). The largest absolute Gasteiger partial charge is 0.478 e. The minimum atomic E-state index is -0.942. The lowest BCUT2D eigenvalue weighted by Crippen LogP contribution is -2.01. The third-order valence-corrected chi connectivity index (χ3v) is 4.19. The fourth-order valence-electron chi connectivity index (χ4n) is 2.18. The number of aromatic carboxylic acids is 1. The van der Waals surface area contributed by atoms with Gasteiger partial charge < -0.3 is 5.11 Å². The lowest BCUT2D eigenvalue weighted by molar-refractivity contribution is 0.0696. The molecule has 0 aliphatic rings. The first-order valence-electron chi connectivity index (χ1n) is 7.27. The zero-order valence-electron chi connectivity index (χ0n) is 12.9. The van der Waals surface area contributed by atoms with Crippen LogP contribution in [0.15, 0.2) is 59.0 Å². The Hall–Kier alpha value is -2.99. The van der Waals surface area contributed by atoms with Crippen molar-refractivity contribution in [1.29, 1.82) is 0 Å². The molecule has 2 N–H and O–H groups in total. The van der Waals surface area contributed by atoms with Crippen LogP contribution >= 0.6 is 11.3 Å². The zero-order chi connectivity index (χ0) is 16.9. The van der Waals surface area contributed by atoms with Gasteiger partial charge in [-0.2, -0.15) is 5.10 Å². The predicted molar refractivity (Wildman–Crippen MR) is 96.9 cm³/mol. The first-order chi connectivity index (χ1) is 11.6. The number of carboxylic acids is 1. The van der Waals surface area contributed by atoms with Crippen molar-refractivity contribution in [2.75, 3.05) is 5.43 Å². The number of carbonyl (C=O) groups is 1. The molecule has 0 saturated heterocycles. The van der Waals surface area contributed by atoms with E-state index < -0.39 is 5.97 Å². The Balaban J connectivity index is 1.70. The molecule has 0 unspecified atom stereocenters. The smallest absolute Gasteiger partial charge is 0.335 e. The van der Waals surface area contributed by atoms with Gasteiger partial charge in [-0.15, -0.1) is 11.3 Å². The average Bonchev–Trinajstić information content (AvgIpc) is 3.06. The molecule has 0 aliphatic carbocycles. The van der Waals surface area contributed by atoms with Crippen molar-refractivity contribution in [3.8, 4) is 11.3 Å². The number of aryl methyl sites for hydroxylation is 1. The van der Waals surface area contributed by atoms with Crippen LogP contribution in [-0.2, 0) is 0 Å². The van der Waals surface area contributed by atoms with Crippen molar-refractivity contribution in [2.45, 2.75) is 6.92 Å². The van der Waals surface area contributed by atoms with E-state index in [1.165, 1.54) is 11.3 Å². The lowest BCUT2D eigenvalue weighted by atomic mass is 10.1. The summed E-state index contributed by atoms with van der Waals surface area (Å²) in [5, 5.41) is 15.9. The SMILES string of the molecule is Cc1ccc(C=NNc2nc(-c3ccccc3)cs2)cc1C(=O)O. The Morgan fingerprint density at radius 1 is 1.25 bits per heavy atom. The third kappa shape index (κ3) is 3.67. The van der Waals surface area contributed by atoms with E-state index in [-0.39, 0.29) is 5.56 Å². The number of benzene rings is 2. The number of nitrogens with one attached hydrogen (secondary N) is 1. The molecule has 0 spiro atoms. The highest BCUT2D eigenvalue weighted by atomic mass is 32.1. The van der Waals surface area contributed by atoms with Gasteiger partial charge in [-0.1, -0.05) is 42.5 Å². The fraction of sp³-hybridized carbons (Fsp3) is 0.0556. The molecule has 3 aromatic rings. The van der Waals surface area contributed by atoms with Gasteiger partial charge in [0.2, 0.25) is 5.13 Å². The Morgan fingerprint density at radius 2 is 2.04 bits per heavy atom. The molecular formula is C18H15N3O2S. The summed E-state index contributed by atoms with van der Waals surface area (Å²) in [6.45, 7) is 1.77. The van der Waals surface area contributed by atoms with Crippen molar-refractivity contribution < 1.29 is 9.90 Å². The number of hydrogen-bond donors (Lipinski definition) is 2. The number of rotatable bonds is 5. The van der Waals surface area contributed by atoms with Crippen LogP contribution in [0.5, 0.6) is 0 Å². The van der Waals surface area contributed by atoms with Gasteiger partial charge in [-0.3, -0.25) is 5.43 Å². The summed E-state index contributed by atoms with van der Waals surface area (Å²) in [6, 6.07) is 15.1. The maximum Gasteiger partial charge on any atom is 0.335 e. The second-order valence-electron chi connectivity index (χ2n) is 5.15. The highest BCUT2D eigenvalue weighted by Gasteiger charge is 2.07. The Labute approximate surface area is 143 Å². The average molecular weight is 337 g/mol. The van der Waals surface area contributed by atoms with Gasteiger partial charge in [0.25, 0.3) is 0 Å². The van der Waals surface area contributed by atoms with Crippen molar-refractivity contribution in [1.82, 2.24) is 4.98 Å². The van der Waals surface area contributed by atoms with E-state index in [1.807, 2.05) is 41.8 Å². The number of hydrogen-bond acceptors (Lipinski definition) is 5. The number of anilines is 1. The van der Waals surface area contributed by atoms with Crippen molar-refractivity contribution >= 4 is 28.7 Å². The molecule has 0 aliphatic heterocycles. The van der Waals surface area contributed by atoms with Crippen molar-refractivity contribution in [3.63, 3.8) is 0 Å². The van der Waals surface area contributed by atoms with Crippen LogP contribution in [0.25, 0.3) is 11.3 Å². The number of nitrogens with zero attached hydrogens (tertiary/aromatic N) is 2. The molecule has 0 amide bonds. The van der Waals surface area contributed by atoms with Crippen LogP contribution < -0.4 is 5.43 Å². The summed E-state index contributed by atoms with van der Waals surface area (Å²) in [7, 11) is 0. The van der Waals surface area contributed by atoms with Gasteiger partial charge in [0, 0.05) is 10.9 Å². The van der Waals surface area contributed by atoms with E-state index in [0.717, 1.165) is 16.8 Å². The van der Waals surface area contributed by atoms with Gasteiger partial charge in [-0.05, 0) is 24.1 Å². The highest BCUT2D eigenvalue weighted by Crippen LogP contribution is 2.24. The summed E-state index contributed by atoms with van der Waals surface area (Å²) in [5.41, 5.74) is 6.53. The Kier molecular flexibility index (Phi) is 4.67. The topological polar surface area (TPSA) is 74.6 Å². The van der Waals surface area contributed by atoms with E-state index in [4.69, 9.17) is 5.11 Å². The first-order valence-corrected chi connectivity index (χ1v) is 8.15. The van der Waals surface area contributed by atoms with E-state index in [1.54, 1.807) is 25.3 Å². The maximum absolute atomic E-state index is 11.1. The van der Waals surface area contributed by atoms with E-state index in [9.17, 15) is 4.79 Å². The van der Waals surface area contributed by atoms with Gasteiger partial charge in [-0.25, -0.2) is 9.78 Å². The van der Waals surface area contributed by atoms with Crippen LogP contribution in [0, 0.1) is 6.92 Å². The van der Waals surface area contributed by atoms with Crippen LogP contribution in [0.3, 0.4) is 0 Å². The molecule has 0 atom stereocenters. The Bertz CT molecular complexity index is 888. The molecule has 0 radical (unpaired) electrons. The second kappa shape index (κ2) is 7.06. The number of carboxylic acid groups (broad SMARTS) is 1. The predicted octanol–water partition coefficient (Wildman–Crippen LogP) is 4.26. The Morgan fingerprint density at radius 3 is 2.79 bits per heavy atom. The van der Waals surface area contributed by atoms with Gasteiger partial charge in [0.05, 0.1) is 17.5 Å². The summed E-state index contributed by atoms with van der Waals surface area (Å²) < 4.78 is 0. The van der Waals surface area contributed by atoms with Crippen LogP contribution in [0.4, 0.5) is 5.13 Å². The number of aromatic nitrogens is 1. The molecule has 5 nitrogen and oxygen atoms in total. The maximum atomic E-state index is 11.1. The quantitative estimate of drug-likeness (QED) is 0.539. The second-order valence-corrected chi connectivity index (χ2v) is 6.01. The number of hydrazone groups is 1. The molecule has 0 bridgehead atoms. The first kappa shape index (κ1) is 15.9. The molecule has 1 heterocycles. The highest BCUT2D eigenvalue weighted by molar-refractivity contribution is 7.14. The molecule has 24 heavy (non-hydrogen) atoms. The van der Waals surface area contributed by atoms with E-state index >= 15 is 0 Å². The van der Waals surface area contributed by atoms with Gasteiger partial charge in [0.15, 0.2) is 0 Å². The van der Waals surface area contributed by atoms with Gasteiger partial charge >= 0.3 is 5.97 Å². The fourth-order valence-corrected chi connectivity index (χ4v) is 2.85. The normalized spacial score (nSPS) is 10.9. The molecule has 3 rings (SSSR count). The molecule has 1 aromatic heterocycles. The zero-order valence-corrected chi connectivity index (χ0v) is 13.7. The van der Waals surface area contributed by atoms with Crippen LogP contribution in [-0.4, -0.2) is 22.3 Å². The van der Waals surface area contributed by atoms with E-state index in [0.29, 0.717) is 10.7 Å². The lowest BCUT2D eigenvalue weighted by Gasteiger charge is -2.01. The number of thiazole rings is 1. The van der Waals surface area contributed by atoms with Gasteiger partial charge in [0.1, 0.15) is 0 Å². The van der Waals surface area contributed by atoms with Crippen LogP contribution in [0.1, 0.15) is 21.5 Å². The van der Waals surface area contributed by atoms with E-state index in [2.05, 4.69) is 15.5 Å². The molecular weight excluding hydrogens is 322 g/mol. The minimum Gasteiger partial charge on any atom is -0.478 e. The third-order valence-electron chi connectivity index (χ3n) is 3.44. The summed E-state index contributed by atoms with van der Waals surface area (Å²) in [6.07, 6.45) is 1.58.